The lowest BCUT2D eigenvalue weighted by Gasteiger charge is -2.09. The summed E-state index contributed by atoms with van der Waals surface area (Å²) in [5, 5.41) is 8.08. The fourth-order valence-electron chi connectivity index (χ4n) is 2.46. The molecule has 0 radical (unpaired) electrons. The Morgan fingerprint density at radius 3 is 2.61 bits per heavy atom. The second-order valence-corrected chi connectivity index (χ2v) is 8.47. The summed E-state index contributed by atoms with van der Waals surface area (Å²) in [5.41, 5.74) is 0.926. The van der Waals surface area contributed by atoms with E-state index >= 15 is 0 Å². The summed E-state index contributed by atoms with van der Waals surface area (Å²) in [5.74, 6) is -0.685. The van der Waals surface area contributed by atoms with Gasteiger partial charge in [0, 0.05) is 17.5 Å². The molecular weight excluding hydrogens is 405 g/mol. The monoisotopic (exact) mass is 421 g/mol. The van der Waals surface area contributed by atoms with Gasteiger partial charge in [0.25, 0.3) is 5.91 Å². The Balaban J connectivity index is 1.78. The zero-order valence-corrected chi connectivity index (χ0v) is 16.3. The van der Waals surface area contributed by atoms with Crippen LogP contribution in [-0.4, -0.2) is 26.4 Å². The van der Waals surface area contributed by atoms with Crippen LogP contribution in [0.5, 0.6) is 5.75 Å². The average molecular weight is 421 g/mol. The first kappa shape index (κ1) is 19.9. The zero-order valence-electron chi connectivity index (χ0n) is 14.7. The normalized spacial score (nSPS) is 11.2. The number of primary sulfonamides is 1. The maximum atomic E-state index is 13.0. The summed E-state index contributed by atoms with van der Waals surface area (Å²) in [4.78, 5) is 17.4. The van der Waals surface area contributed by atoms with Gasteiger partial charge in [-0.05, 0) is 35.9 Å². The summed E-state index contributed by atoms with van der Waals surface area (Å²) in [6.45, 7) is 0. The van der Waals surface area contributed by atoms with E-state index in [0.717, 1.165) is 16.5 Å². The van der Waals surface area contributed by atoms with Crippen LogP contribution in [-0.2, 0) is 16.4 Å². The van der Waals surface area contributed by atoms with Crippen LogP contribution in [0, 0.1) is 5.82 Å². The van der Waals surface area contributed by atoms with Gasteiger partial charge in [0.1, 0.15) is 11.6 Å². The molecule has 146 valence electrons. The van der Waals surface area contributed by atoms with Crippen molar-refractivity contribution in [2.75, 3.05) is 12.4 Å². The van der Waals surface area contributed by atoms with Crippen LogP contribution in [0.1, 0.15) is 20.8 Å². The Labute approximate surface area is 165 Å². The van der Waals surface area contributed by atoms with Crippen LogP contribution >= 0.6 is 11.3 Å². The molecule has 0 spiro atoms. The van der Waals surface area contributed by atoms with E-state index in [1.54, 1.807) is 18.3 Å². The Morgan fingerprint density at radius 1 is 1.25 bits per heavy atom. The molecule has 0 fully saturated rings. The Bertz CT molecular complexity index is 1110. The third-order valence-corrected chi connectivity index (χ3v) is 5.63. The molecule has 1 aromatic heterocycles. The highest BCUT2D eigenvalue weighted by Gasteiger charge is 2.18. The van der Waals surface area contributed by atoms with E-state index in [0.29, 0.717) is 11.6 Å². The highest BCUT2D eigenvalue weighted by atomic mass is 32.2. The summed E-state index contributed by atoms with van der Waals surface area (Å²) in [7, 11) is -2.60. The van der Waals surface area contributed by atoms with E-state index in [1.807, 2.05) is 0 Å². The van der Waals surface area contributed by atoms with Crippen LogP contribution in [0.15, 0.2) is 53.6 Å². The number of rotatable bonds is 6. The molecule has 0 unspecified atom stereocenters. The molecule has 0 bridgehead atoms. The topological polar surface area (TPSA) is 111 Å². The third kappa shape index (κ3) is 4.71. The SMILES string of the molecule is COc1ccc(S(N)(=O)=O)cc1C(=O)Nc1ncc(Cc2ccc(F)cc2)s1. The number of anilines is 1. The van der Waals surface area contributed by atoms with Gasteiger partial charge >= 0.3 is 0 Å². The minimum Gasteiger partial charge on any atom is -0.496 e. The second-order valence-electron chi connectivity index (χ2n) is 5.80. The fourth-order valence-corrected chi connectivity index (χ4v) is 3.84. The van der Waals surface area contributed by atoms with E-state index in [1.165, 1.54) is 42.7 Å². The Morgan fingerprint density at radius 2 is 1.96 bits per heavy atom. The number of nitrogens with zero attached hydrogens (tertiary/aromatic N) is 1. The fraction of sp³-hybridized carbons (Fsp3) is 0.111. The van der Waals surface area contributed by atoms with Crippen molar-refractivity contribution in [3.63, 3.8) is 0 Å². The van der Waals surface area contributed by atoms with Crippen LogP contribution in [0.4, 0.5) is 9.52 Å². The zero-order chi connectivity index (χ0) is 20.3. The number of ether oxygens (including phenoxy) is 1. The molecule has 0 saturated carbocycles. The van der Waals surface area contributed by atoms with E-state index in [2.05, 4.69) is 10.3 Å². The van der Waals surface area contributed by atoms with Gasteiger partial charge in [0.15, 0.2) is 5.13 Å². The molecule has 3 N–H and O–H groups in total. The number of amides is 1. The number of aromatic nitrogens is 1. The summed E-state index contributed by atoms with van der Waals surface area (Å²) in [6.07, 6.45) is 2.15. The molecule has 0 atom stereocenters. The smallest absolute Gasteiger partial charge is 0.261 e. The van der Waals surface area contributed by atoms with Crippen LogP contribution in [0.3, 0.4) is 0 Å². The van der Waals surface area contributed by atoms with Crippen molar-refractivity contribution in [1.82, 2.24) is 4.98 Å². The molecule has 1 amide bonds. The average Bonchev–Trinajstić information content (AvgIpc) is 3.09. The molecule has 28 heavy (non-hydrogen) atoms. The number of nitrogens with one attached hydrogen (secondary N) is 1. The van der Waals surface area contributed by atoms with Gasteiger partial charge in [-0.2, -0.15) is 0 Å². The molecule has 0 aliphatic carbocycles. The van der Waals surface area contributed by atoms with E-state index < -0.39 is 15.9 Å². The second kappa shape index (κ2) is 8.05. The minimum atomic E-state index is -3.97. The number of hydrogen-bond acceptors (Lipinski definition) is 6. The number of nitrogens with two attached hydrogens (primary N) is 1. The van der Waals surface area contributed by atoms with Crippen molar-refractivity contribution < 1.29 is 22.3 Å². The first-order valence-electron chi connectivity index (χ1n) is 7.97. The van der Waals surface area contributed by atoms with Crippen LogP contribution in [0.25, 0.3) is 0 Å². The van der Waals surface area contributed by atoms with Gasteiger partial charge in [-0.3, -0.25) is 10.1 Å². The van der Waals surface area contributed by atoms with Crippen molar-refractivity contribution in [3.05, 3.63) is 70.5 Å². The number of halogens is 1. The van der Waals surface area contributed by atoms with E-state index in [-0.39, 0.29) is 22.0 Å². The lowest BCUT2D eigenvalue weighted by Crippen LogP contribution is -2.16. The predicted octanol–water partition coefficient (Wildman–Crippen LogP) is 2.78. The number of carbonyl (C=O) groups excluding carboxylic acids is 1. The Kier molecular flexibility index (Phi) is 5.73. The lowest BCUT2D eigenvalue weighted by molar-refractivity contribution is 0.102. The number of benzene rings is 2. The van der Waals surface area contributed by atoms with Crippen molar-refractivity contribution in [1.29, 1.82) is 0 Å². The largest absolute Gasteiger partial charge is 0.496 e. The molecule has 0 aliphatic rings. The first-order chi connectivity index (χ1) is 13.3. The van der Waals surface area contributed by atoms with Gasteiger partial charge in [0.2, 0.25) is 10.0 Å². The quantitative estimate of drug-likeness (QED) is 0.636. The van der Waals surface area contributed by atoms with E-state index in [4.69, 9.17) is 9.88 Å². The molecule has 10 heteroatoms. The lowest BCUT2D eigenvalue weighted by atomic mass is 10.1. The van der Waals surface area contributed by atoms with Crippen LogP contribution in [0.2, 0.25) is 0 Å². The summed E-state index contributed by atoms with van der Waals surface area (Å²) in [6, 6.07) is 9.88. The van der Waals surface area contributed by atoms with Crippen molar-refractivity contribution >= 4 is 32.4 Å². The molecule has 2 aromatic carbocycles. The first-order valence-corrected chi connectivity index (χ1v) is 10.3. The maximum absolute atomic E-state index is 13.0. The number of carbonyl (C=O) groups is 1. The molecule has 0 aliphatic heterocycles. The third-order valence-electron chi connectivity index (χ3n) is 3.81. The molecule has 1 heterocycles. The predicted molar refractivity (Wildman–Crippen MR) is 104 cm³/mol. The van der Waals surface area contributed by atoms with Gasteiger partial charge in [-0.25, -0.2) is 22.9 Å². The summed E-state index contributed by atoms with van der Waals surface area (Å²) >= 11 is 1.26. The minimum absolute atomic E-state index is 0.0179. The van der Waals surface area contributed by atoms with Crippen molar-refractivity contribution in [2.24, 2.45) is 5.14 Å². The highest BCUT2D eigenvalue weighted by molar-refractivity contribution is 7.89. The van der Waals surface area contributed by atoms with Crippen molar-refractivity contribution in [2.45, 2.75) is 11.3 Å². The molecule has 3 aromatic rings. The highest BCUT2D eigenvalue weighted by Crippen LogP contribution is 2.25. The van der Waals surface area contributed by atoms with Gasteiger partial charge < -0.3 is 4.74 Å². The number of methoxy groups -OCH3 is 1. The standard InChI is InChI=1S/C18H16FN3O4S2/c1-26-16-7-6-14(28(20,24)25)9-15(16)17(23)22-18-21-10-13(27-18)8-11-2-4-12(19)5-3-11/h2-7,9-10H,8H2,1H3,(H2,20,24,25)(H,21,22,23). The molecular formula is C18H16FN3O4S2. The molecule has 0 saturated heterocycles. The van der Waals surface area contributed by atoms with E-state index in [9.17, 15) is 17.6 Å². The summed E-state index contributed by atoms with van der Waals surface area (Å²) < 4.78 is 41.2. The number of sulfonamides is 1. The Hall–Kier alpha value is -2.82. The maximum Gasteiger partial charge on any atom is 0.261 e. The van der Waals surface area contributed by atoms with Gasteiger partial charge in [-0.15, -0.1) is 11.3 Å². The van der Waals surface area contributed by atoms with Gasteiger partial charge in [-0.1, -0.05) is 12.1 Å². The molecule has 3 rings (SSSR count). The van der Waals surface area contributed by atoms with Crippen LogP contribution < -0.4 is 15.2 Å². The number of hydrogen-bond donors (Lipinski definition) is 2. The molecule has 7 nitrogen and oxygen atoms in total. The van der Waals surface area contributed by atoms with Crippen molar-refractivity contribution in [3.8, 4) is 5.75 Å². The van der Waals surface area contributed by atoms with Gasteiger partial charge in [0.05, 0.1) is 17.6 Å². The number of thiazole rings is 1.